The minimum Gasteiger partial charge on any atom is -0.444 e. The van der Waals surface area contributed by atoms with E-state index in [0.29, 0.717) is 39.2 Å². The zero-order valence-corrected chi connectivity index (χ0v) is 31.3. The molecule has 294 valence electrons. The van der Waals surface area contributed by atoms with Gasteiger partial charge in [-0.1, -0.05) is 6.58 Å². The highest BCUT2D eigenvalue weighted by Crippen LogP contribution is 2.36. The van der Waals surface area contributed by atoms with Gasteiger partial charge in [0.2, 0.25) is 0 Å². The Morgan fingerprint density at radius 2 is 1.91 bits per heavy atom. The zero-order chi connectivity index (χ0) is 39.8. The molecule has 1 fully saturated rings. The summed E-state index contributed by atoms with van der Waals surface area (Å²) in [6.45, 7) is 12.2. The summed E-state index contributed by atoms with van der Waals surface area (Å²) in [5, 5.41) is 26.2. The summed E-state index contributed by atoms with van der Waals surface area (Å²) >= 11 is 0. The summed E-state index contributed by atoms with van der Waals surface area (Å²) in [6, 6.07) is 9.94. The number of alkyl halides is 3. The Balaban J connectivity index is 1.20. The number of hydrogen-bond acceptors (Lipinski definition) is 10. The van der Waals surface area contributed by atoms with Gasteiger partial charge in [-0.2, -0.15) is 15.5 Å². The zero-order valence-electron chi connectivity index (χ0n) is 31.3. The number of nitrogens with zero attached hydrogens (tertiary/aromatic N) is 6. The Kier molecular flexibility index (Phi) is 13.3. The number of carbonyl (C=O) groups is 1. The van der Waals surface area contributed by atoms with Crippen LogP contribution in [0.2, 0.25) is 0 Å². The number of ether oxygens (including phenoxy) is 4. The summed E-state index contributed by atoms with van der Waals surface area (Å²) in [7, 11) is 0. The second-order valence-corrected chi connectivity index (χ2v) is 14.2. The van der Waals surface area contributed by atoms with Gasteiger partial charge in [-0.25, -0.2) is 13.9 Å². The fraction of sp³-hybridized carbons (Fsp3) is 0.462. The van der Waals surface area contributed by atoms with E-state index < -0.39 is 29.6 Å². The number of anilines is 1. The molecule has 1 saturated heterocycles. The molecule has 1 unspecified atom stereocenters. The highest BCUT2D eigenvalue weighted by molar-refractivity contribution is 5.95. The minimum atomic E-state index is -5.10. The fourth-order valence-electron chi connectivity index (χ4n) is 6.11. The van der Waals surface area contributed by atoms with Crippen LogP contribution in [0.4, 0.5) is 28.0 Å². The summed E-state index contributed by atoms with van der Waals surface area (Å²) in [4.78, 5) is 14.5. The minimum absolute atomic E-state index is 0.118. The molecule has 3 heterocycles. The van der Waals surface area contributed by atoms with Gasteiger partial charge in [0.25, 0.3) is 0 Å². The lowest BCUT2D eigenvalue weighted by Gasteiger charge is -2.28. The summed E-state index contributed by atoms with van der Waals surface area (Å²) in [6.07, 6.45) is 1.48. The van der Waals surface area contributed by atoms with Gasteiger partial charge < -0.3 is 29.2 Å². The molecular formula is C39H45F4N7O5. The van der Waals surface area contributed by atoms with Crippen LogP contribution >= 0.6 is 0 Å². The Bertz CT molecular complexity index is 2020. The number of allylic oxidation sites excluding steroid dienone is 1. The molecule has 0 aliphatic carbocycles. The van der Waals surface area contributed by atoms with Gasteiger partial charge >= 0.3 is 12.5 Å². The number of nitriles is 1. The van der Waals surface area contributed by atoms with E-state index in [-0.39, 0.29) is 41.7 Å². The van der Waals surface area contributed by atoms with Crippen LogP contribution in [0.3, 0.4) is 0 Å². The maximum Gasteiger partial charge on any atom is 0.573 e. The number of carbonyl (C=O) groups excluding carboxylic acids is 1. The standard InChI is InChI=1S/C39H45F4N7O5/c1-25(2)30-16-26(17-32(40)36(30)54-39(41,42)43)24-49(37(51)55-38(3,4)5)12-7-9-13-52-15-11-45-33-19-27(28-18-29(21-44)48-46-22-28)20-34-31(33)23-47-50(34)35-10-6-8-14-53-35/h16-20,22-23,35,45H,1,6-15,24H2,2-5H3. The number of aromatic nitrogens is 4. The average Bonchev–Trinajstić information content (AvgIpc) is 3.56. The van der Waals surface area contributed by atoms with Gasteiger partial charge in [0.15, 0.2) is 23.5 Å². The first kappa shape index (κ1) is 40.9. The molecule has 0 saturated carbocycles. The van der Waals surface area contributed by atoms with Gasteiger partial charge in [-0.15, -0.1) is 18.3 Å². The van der Waals surface area contributed by atoms with Gasteiger partial charge in [-0.05, 0) is 107 Å². The molecule has 0 spiro atoms. The van der Waals surface area contributed by atoms with Crippen molar-refractivity contribution in [1.82, 2.24) is 24.9 Å². The molecule has 1 N–H and O–H groups in total. The van der Waals surface area contributed by atoms with Crippen molar-refractivity contribution < 1.29 is 41.3 Å². The van der Waals surface area contributed by atoms with E-state index in [9.17, 15) is 27.6 Å². The van der Waals surface area contributed by atoms with Crippen LogP contribution in [0.1, 0.15) is 82.8 Å². The Morgan fingerprint density at radius 1 is 1.11 bits per heavy atom. The van der Waals surface area contributed by atoms with Crippen LogP contribution in [-0.2, 0) is 20.8 Å². The number of fused-ring (bicyclic) bond motifs is 1. The van der Waals surface area contributed by atoms with Crippen molar-refractivity contribution in [3.05, 3.63) is 71.9 Å². The quantitative estimate of drug-likeness (QED) is 0.0924. The van der Waals surface area contributed by atoms with E-state index in [1.54, 1.807) is 39.2 Å². The van der Waals surface area contributed by atoms with Crippen molar-refractivity contribution in [3.8, 4) is 22.9 Å². The topological polar surface area (TPSA) is 137 Å². The number of amides is 1. The number of hydrogen-bond donors (Lipinski definition) is 1. The largest absolute Gasteiger partial charge is 0.573 e. The molecule has 0 bridgehead atoms. The van der Waals surface area contributed by atoms with Crippen LogP contribution in [0, 0.1) is 17.1 Å². The second kappa shape index (κ2) is 17.9. The molecule has 1 aliphatic heterocycles. The van der Waals surface area contributed by atoms with E-state index in [2.05, 4.69) is 31.9 Å². The molecule has 1 atom stereocenters. The molecule has 1 amide bonds. The molecule has 5 rings (SSSR count). The molecule has 2 aromatic heterocycles. The van der Waals surface area contributed by atoms with Crippen LogP contribution < -0.4 is 10.1 Å². The monoisotopic (exact) mass is 767 g/mol. The lowest BCUT2D eigenvalue weighted by Crippen LogP contribution is -2.37. The fourth-order valence-corrected chi connectivity index (χ4v) is 6.11. The summed E-state index contributed by atoms with van der Waals surface area (Å²) < 4.78 is 77.2. The lowest BCUT2D eigenvalue weighted by molar-refractivity contribution is -0.275. The van der Waals surface area contributed by atoms with E-state index >= 15 is 0 Å². The Hall–Kier alpha value is -5.27. The number of nitrogens with one attached hydrogen (secondary N) is 1. The van der Waals surface area contributed by atoms with E-state index in [1.807, 2.05) is 22.9 Å². The van der Waals surface area contributed by atoms with Crippen molar-refractivity contribution in [2.75, 3.05) is 38.2 Å². The van der Waals surface area contributed by atoms with Crippen LogP contribution in [0.15, 0.2) is 49.3 Å². The van der Waals surface area contributed by atoms with Gasteiger partial charge in [0, 0.05) is 55.0 Å². The van der Waals surface area contributed by atoms with Crippen LogP contribution in [0.5, 0.6) is 5.75 Å². The highest BCUT2D eigenvalue weighted by Gasteiger charge is 2.34. The Morgan fingerprint density at radius 3 is 2.60 bits per heavy atom. The molecule has 12 nitrogen and oxygen atoms in total. The third-order valence-electron chi connectivity index (χ3n) is 8.58. The highest BCUT2D eigenvalue weighted by atomic mass is 19.4. The van der Waals surface area contributed by atoms with E-state index in [0.717, 1.165) is 53.0 Å². The van der Waals surface area contributed by atoms with Crippen molar-refractivity contribution in [2.45, 2.75) is 84.5 Å². The molecule has 1 aliphatic rings. The molecule has 2 aromatic carbocycles. The van der Waals surface area contributed by atoms with Crippen molar-refractivity contribution in [3.63, 3.8) is 0 Å². The summed E-state index contributed by atoms with van der Waals surface area (Å²) in [5.41, 5.74) is 2.92. The van der Waals surface area contributed by atoms with Crippen LogP contribution in [-0.4, -0.2) is 75.8 Å². The van der Waals surface area contributed by atoms with Gasteiger partial charge in [-0.3, -0.25) is 0 Å². The van der Waals surface area contributed by atoms with Gasteiger partial charge in [0.1, 0.15) is 11.7 Å². The summed E-state index contributed by atoms with van der Waals surface area (Å²) in [5.74, 6) is -2.19. The number of benzene rings is 2. The molecule has 0 radical (unpaired) electrons. The SMILES string of the molecule is C=C(C)c1cc(CN(CCCCOCCNc2cc(-c3cnnc(C#N)c3)cc3c2cnn3C2CCCCO2)C(=O)OC(C)(C)C)cc(F)c1OC(F)(F)F. The van der Waals surface area contributed by atoms with Crippen molar-refractivity contribution in [2.24, 2.45) is 0 Å². The van der Waals surface area contributed by atoms with Crippen LogP contribution in [0.25, 0.3) is 27.6 Å². The first-order valence-electron chi connectivity index (χ1n) is 18.0. The third kappa shape index (κ3) is 11.4. The molecular weight excluding hydrogens is 722 g/mol. The third-order valence-corrected chi connectivity index (χ3v) is 8.58. The predicted octanol–water partition coefficient (Wildman–Crippen LogP) is 8.78. The normalized spacial score (nSPS) is 14.7. The van der Waals surface area contributed by atoms with E-state index in [4.69, 9.17) is 14.2 Å². The molecule has 4 aromatic rings. The first-order valence-corrected chi connectivity index (χ1v) is 18.0. The average molecular weight is 768 g/mol. The smallest absolute Gasteiger partial charge is 0.444 e. The van der Waals surface area contributed by atoms with Crippen molar-refractivity contribution in [1.29, 1.82) is 5.26 Å². The second-order valence-electron chi connectivity index (χ2n) is 14.2. The molecule has 16 heteroatoms. The Labute approximate surface area is 317 Å². The van der Waals surface area contributed by atoms with Gasteiger partial charge in [0.05, 0.1) is 24.5 Å². The maximum absolute atomic E-state index is 14.9. The number of unbranched alkanes of at least 4 members (excludes halogenated alkanes) is 1. The maximum atomic E-state index is 14.9. The number of halogens is 4. The lowest BCUT2D eigenvalue weighted by atomic mass is 10.0. The number of rotatable bonds is 15. The predicted molar refractivity (Wildman–Crippen MR) is 197 cm³/mol. The first-order chi connectivity index (χ1) is 26.1. The molecule has 55 heavy (non-hydrogen) atoms. The van der Waals surface area contributed by atoms with Crippen molar-refractivity contribution >= 4 is 28.3 Å². The van der Waals surface area contributed by atoms with E-state index in [1.165, 1.54) is 17.9 Å².